The van der Waals surface area contributed by atoms with Crippen LogP contribution in [0.4, 0.5) is 0 Å². The van der Waals surface area contributed by atoms with Crippen molar-refractivity contribution in [2.75, 3.05) is 7.11 Å². The zero-order valence-electron chi connectivity index (χ0n) is 10.5. The van der Waals surface area contributed by atoms with Gasteiger partial charge in [-0.3, -0.25) is 4.79 Å². The topological polar surface area (TPSA) is 65.5 Å². The second kappa shape index (κ2) is 6.97. The van der Waals surface area contributed by atoms with Gasteiger partial charge in [-0.25, -0.2) is 0 Å². The molecule has 0 bridgehead atoms. The molecule has 0 spiro atoms. The minimum atomic E-state index is -0.621. The first-order chi connectivity index (χ1) is 8.70. The number of nitrogens with two attached hydrogens (primary N) is 1. The summed E-state index contributed by atoms with van der Waals surface area (Å²) in [7, 11) is 1.34. The van der Waals surface area contributed by atoms with E-state index in [1.165, 1.54) is 7.11 Å². The maximum atomic E-state index is 11.2. The van der Waals surface area contributed by atoms with Gasteiger partial charge in [-0.1, -0.05) is 24.3 Å². The van der Waals surface area contributed by atoms with E-state index in [0.717, 1.165) is 16.9 Å². The van der Waals surface area contributed by atoms with Crippen molar-refractivity contribution in [2.45, 2.75) is 12.5 Å². The fourth-order valence-corrected chi connectivity index (χ4v) is 1.74. The van der Waals surface area contributed by atoms with Crippen LogP contribution in [-0.2, 0) is 16.0 Å². The number of rotatable bonds is 4. The second-order valence-electron chi connectivity index (χ2n) is 4.01. The maximum absolute atomic E-state index is 11.2. The van der Waals surface area contributed by atoms with Gasteiger partial charge in [-0.2, -0.15) is 0 Å². The molecule has 0 saturated heterocycles. The van der Waals surface area contributed by atoms with Gasteiger partial charge >= 0.3 is 5.97 Å². The van der Waals surface area contributed by atoms with Crippen molar-refractivity contribution in [1.29, 1.82) is 0 Å². The van der Waals surface area contributed by atoms with Crippen molar-refractivity contribution in [1.82, 2.24) is 0 Å². The lowest BCUT2D eigenvalue weighted by Crippen LogP contribution is -2.33. The van der Waals surface area contributed by atoms with Gasteiger partial charge in [0.15, 0.2) is 0 Å². The Hall–Kier alpha value is -1.78. The van der Waals surface area contributed by atoms with Crippen LogP contribution < -0.4 is 5.73 Å². The first kappa shape index (κ1) is 15.3. The molecule has 1 heterocycles. The third-order valence-corrected chi connectivity index (χ3v) is 2.72. The molecule has 4 nitrogen and oxygen atoms in total. The normalized spacial score (nSPS) is 11.5. The lowest BCUT2D eigenvalue weighted by molar-refractivity contribution is -0.142. The Balaban J connectivity index is 0.00000180. The Kier molecular flexibility index (Phi) is 5.60. The summed E-state index contributed by atoms with van der Waals surface area (Å²) in [6.07, 6.45) is 2.10. The molecule has 102 valence electrons. The molecule has 0 amide bonds. The standard InChI is InChI=1S/C14H15NO3.ClH/c1-17-14(16)12(15)9-10-4-6-11(7-5-10)13-3-2-8-18-13;/h2-8,12H,9,15H2,1H3;1H/t12-;/m0./s1. The van der Waals surface area contributed by atoms with Gasteiger partial charge in [0.2, 0.25) is 0 Å². The number of furan rings is 1. The van der Waals surface area contributed by atoms with Crippen LogP contribution in [0, 0.1) is 0 Å². The molecular weight excluding hydrogens is 266 g/mol. The molecule has 1 aromatic carbocycles. The van der Waals surface area contributed by atoms with Crippen LogP contribution in [0.15, 0.2) is 47.1 Å². The summed E-state index contributed by atoms with van der Waals surface area (Å²) in [5, 5.41) is 0. The van der Waals surface area contributed by atoms with E-state index in [2.05, 4.69) is 4.74 Å². The van der Waals surface area contributed by atoms with Gasteiger partial charge in [-0.15, -0.1) is 12.4 Å². The van der Waals surface area contributed by atoms with Crippen LogP contribution >= 0.6 is 12.4 Å². The van der Waals surface area contributed by atoms with Crippen LogP contribution in [0.1, 0.15) is 5.56 Å². The van der Waals surface area contributed by atoms with Gasteiger partial charge in [-0.05, 0) is 24.1 Å². The number of benzene rings is 1. The molecule has 2 N–H and O–H groups in total. The third-order valence-electron chi connectivity index (χ3n) is 2.72. The summed E-state index contributed by atoms with van der Waals surface area (Å²) < 4.78 is 9.89. The predicted molar refractivity (Wildman–Crippen MR) is 75.1 cm³/mol. The fraction of sp³-hybridized carbons (Fsp3) is 0.214. The Bertz CT molecular complexity index is 508. The monoisotopic (exact) mass is 281 g/mol. The number of carbonyl (C=O) groups excluding carboxylic acids is 1. The van der Waals surface area contributed by atoms with Crippen LogP contribution in [0.25, 0.3) is 11.3 Å². The average molecular weight is 282 g/mol. The van der Waals surface area contributed by atoms with E-state index in [9.17, 15) is 4.79 Å². The van der Waals surface area contributed by atoms with E-state index in [1.54, 1.807) is 6.26 Å². The molecular formula is C14H16ClNO3. The number of methoxy groups -OCH3 is 1. The SMILES string of the molecule is COC(=O)[C@@H](N)Cc1ccc(-c2ccco2)cc1.Cl. The molecule has 0 saturated carbocycles. The van der Waals surface area contributed by atoms with Gasteiger partial charge in [0.25, 0.3) is 0 Å². The number of esters is 1. The smallest absolute Gasteiger partial charge is 0.322 e. The summed E-state index contributed by atoms with van der Waals surface area (Å²) >= 11 is 0. The van der Waals surface area contributed by atoms with E-state index in [-0.39, 0.29) is 12.4 Å². The molecule has 5 heteroatoms. The van der Waals surface area contributed by atoms with E-state index in [4.69, 9.17) is 10.2 Å². The summed E-state index contributed by atoms with van der Waals surface area (Å²) in [6, 6.07) is 10.9. The van der Waals surface area contributed by atoms with Crippen LogP contribution in [0.5, 0.6) is 0 Å². The van der Waals surface area contributed by atoms with Crippen molar-refractivity contribution in [3.63, 3.8) is 0 Å². The highest BCUT2D eigenvalue weighted by atomic mass is 35.5. The van der Waals surface area contributed by atoms with E-state index < -0.39 is 12.0 Å². The largest absolute Gasteiger partial charge is 0.468 e. The summed E-state index contributed by atoms with van der Waals surface area (Å²) in [6.45, 7) is 0. The Labute approximate surface area is 118 Å². The highest BCUT2D eigenvalue weighted by Crippen LogP contribution is 2.20. The molecule has 0 aliphatic carbocycles. The van der Waals surface area contributed by atoms with Gasteiger partial charge in [0.1, 0.15) is 11.8 Å². The number of ether oxygens (including phenoxy) is 1. The Morgan fingerprint density at radius 3 is 2.53 bits per heavy atom. The van der Waals surface area contributed by atoms with Gasteiger partial charge in [0, 0.05) is 5.56 Å². The van der Waals surface area contributed by atoms with Crippen LogP contribution in [0.2, 0.25) is 0 Å². The highest BCUT2D eigenvalue weighted by molar-refractivity contribution is 5.85. The zero-order chi connectivity index (χ0) is 13.0. The quantitative estimate of drug-likeness (QED) is 0.874. The number of hydrogen-bond acceptors (Lipinski definition) is 4. The molecule has 19 heavy (non-hydrogen) atoms. The van der Waals surface area contributed by atoms with Gasteiger partial charge < -0.3 is 14.9 Å². The second-order valence-corrected chi connectivity index (χ2v) is 4.01. The predicted octanol–water partition coefficient (Wildman–Crippen LogP) is 2.41. The van der Waals surface area contributed by atoms with Crippen molar-refractivity contribution in [3.8, 4) is 11.3 Å². The van der Waals surface area contributed by atoms with Crippen LogP contribution in [0.3, 0.4) is 0 Å². The van der Waals surface area contributed by atoms with Crippen LogP contribution in [-0.4, -0.2) is 19.1 Å². The molecule has 0 fully saturated rings. The minimum absolute atomic E-state index is 0. The minimum Gasteiger partial charge on any atom is -0.468 e. The lowest BCUT2D eigenvalue weighted by Gasteiger charge is -2.09. The lowest BCUT2D eigenvalue weighted by atomic mass is 10.0. The molecule has 0 unspecified atom stereocenters. The molecule has 0 radical (unpaired) electrons. The number of carbonyl (C=O) groups is 1. The highest BCUT2D eigenvalue weighted by Gasteiger charge is 2.14. The van der Waals surface area contributed by atoms with E-state index in [0.29, 0.717) is 6.42 Å². The summed E-state index contributed by atoms with van der Waals surface area (Å²) in [5.74, 6) is 0.420. The molecule has 1 atom stereocenters. The zero-order valence-corrected chi connectivity index (χ0v) is 11.4. The van der Waals surface area contributed by atoms with E-state index >= 15 is 0 Å². The van der Waals surface area contributed by atoms with Crippen molar-refractivity contribution in [2.24, 2.45) is 5.73 Å². The maximum Gasteiger partial charge on any atom is 0.322 e. The first-order valence-corrected chi connectivity index (χ1v) is 5.67. The third kappa shape index (κ3) is 3.84. The Morgan fingerprint density at radius 1 is 1.32 bits per heavy atom. The van der Waals surface area contributed by atoms with Crippen molar-refractivity contribution >= 4 is 18.4 Å². The summed E-state index contributed by atoms with van der Waals surface area (Å²) in [4.78, 5) is 11.2. The molecule has 1 aromatic heterocycles. The average Bonchev–Trinajstić information content (AvgIpc) is 2.92. The van der Waals surface area contributed by atoms with Crippen molar-refractivity contribution < 1.29 is 13.9 Å². The van der Waals surface area contributed by atoms with E-state index in [1.807, 2.05) is 36.4 Å². The molecule has 2 rings (SSSR count). The molecule has 0 aliphatic heterocycles. The van der Waals surface area contributed by atoms with Crippen molar-refractivity contribution in [3.05, 3.63) is 48.2 Å². The number of halogens is 1. The number of hydrogen-bond donors (Lipinski definition) is 1. The Morgan fingerprint density at radius 2 is 2.00 bits per heavy atom. The van der Waals surface area contributed by atoms with Gasteiger partial charge in [0.05, 0.1) is 13.4 Å². The fourth-order valence-electron chi connectivity index (χ4n) is 1.74. The molecule has 2 aromatic rings. The molecule has 0 aliphatic rings. The first-order valence-electron chi connectivity index (χ1n) is 5.67. The summed E-state index contributed by atoms with van der Waals surface area (Å²) in [5.41, 5.74) is 7.68.